The van der Waals surface area contributed by atoms with Crippen molar-refractivity contribution >= 4 is 17.7 Å². The molecule has 1 heterocycles. The number of amides is 1. The molecule has 8 heteroatoms. The molecular weight excluding hydrogens is 370 g/mol. The van der Waals surface area contributed by atoms with E-state index in [-0.39, 0.29) is 36.6 Å². The molecule has 150 valence electrons. The fourth-order valence-electron chi connectivity index (χ4n) is 3.11. The number of ether oxygens (including phenoxy) is 1. The van der Waals surface area contributed by atoms with Gasteiger partial charge >= 0.3 is 5.97 Å². The maximum Gasteiger partial charge on any atom is 0.307 e. The Balaban J connectivity index is 2.39. The van der Waals surface area contributed by atoms with Crippen LogP contribution in [0.25, 0.3) is 0 Å². The molecular formula is C20H22F2N2O4. The van der Waals surface area contributed by atoms with Gasteiger partial charge in [-0.3, -0.25) is 14.4 Å². The Labute approximate surface area is 161 Å². The topological polar surface area (TPSA) is 79.5 Å². The van der Waals surface area contributed by atoms with E-state index in [1.807, 2.05) is 0 Å². The van der Waals surface area contributed by atoms with E-state index in [4.69, 9.17) is 0 Å². The van der Waals surface area contributed by atoms with Crippen molar-refractivity contribution in [1.82, 2.24) is 9.88 Å². The second-order valence-corrected chi connectivity index (χ2v) is 6.45. The lowest BCUT2D eigenvalue weighted by Crippen LogP contribution is -2.34. The fourth-order valence-corrected chi connectivity index (χ4v) is 3.11. The minimum absolute atomic E-state index is 0.0223. The number of esters is 1. The van der Waals surface area contributed by atoms with Gasteiger partial charge in [-0.05, 0) is 32.4 Å². The number of halogens is 2. The molecule has 1 N–H and O–H groups in total. The van der Waals surface area contributed by atoms with E-state index in [9.17, 15) is 23.2 Å². The van der Waals surface area contributed by atoms with Gasteiger partial charge in [0.25, 0.3) is 5.91 Å². The number of carbonyl (C=O) groups is 3. The first-order valence-corrected chi connectivity index (χ1v) is 8.66. The van der Waals surface area contributed by atoms with Gasteiger partial charge in [0, 0.05) is 29.9 Å². The Morgan fingerprint density at radius 1 is 1.18 bits per heavy atom. The summed E-state index contributed by atoms with van der Waals surface area (Å²) >= 11 is 0. The monoisotopic (exact) mass is 392 g/mol. The third-order valence-corrected chi connectivity index (χ3v) is 4.50. The number of nitrogens with zero attached hydrogens (tertiary/aromatic N) is 1. The quantitative estimate of drug-likeness (QED) is 0.579. The molecule has 0 saturated heterocycles. The van der Waals surface area contributed by atoms with Crippen LogP contribution in [0.5, 0.6) is 0 Å². The Hall–Kier alpha value is -3.03. The molecule has 0 saturated carbocycles. The van der Waals surface area contributed by atoms with Crippen LogP contribution in [0.3, 0.4) is 0 Å². The molecule has 1 aromatic heterocycles. The van der Waals surface area contributed by atoms with E-state index in [2.05, 4.69) is 9.72 Å². The summed E-state index contributed by atoms with van der Waals surface area (Å²) in [7, 11) is 1.22. The molecule has 0 bridgehead atoms. The van der Waals surface area contributed by atoms with Gasteiger partial charge in [-0.1, -0.05) is 12.1 Å². The summed E-state index contributed by atoms with van der Waals surface area (Å²) < 4.78 is 32.2. The van der Waals surface area contributed by atoms with E-state index in [1.165, 1.54) is 31.1 Å². The molecule has 0 unspecified atom stereocenters. The van der Waals surface area contributed by atoms with E-state index in [0.717, 1.165) is 6.07 Å². The van der Waals surface area contributed by atoms with Crippen LogP contribution in [-0.2, 0) is 16.1 Å². The molecule has 28 heavy (non-hydrogen) atoms. The summed E-state index contributed by atoms with van der Waals surface area (Å²) in [5, 5.41) is 0. The standard InChI is InChI=1S/C20H22F2N2O4/c1-11-17(13(3)25)12(2)23-19(11)20(27)24(9-8-16(26)28-4)10-14-6-5-7-15(21)18(14)22/h5-7,23H,8-10H2,1-4H3. The SMILES string of the molecule is COC(=O)CCN(Cc1cccc(F)c1F)C(=O)c1[nH]c(C)c(C(C)=O)c1C. The van der Waals surface area contributed by atoms with Gasteiger partial charge in [-0.15, -0.1) is 0 Å². The van der Waals surface area contributed by atoms with Gasteiger partial charge in [-0.25, -0.2) is 8.78 Å². The van der Waals surface area contributed by atoms with Gasteiger partial charge in [0.2, 0.25) is 0 Å². The number of carbonyl (C=O) groups excluding carboxylic acids is 3. The molecule has 0 spiro atoms. The van der Waals surface area contributed by atoms with Crippen molar-refractivity contribution in [1.29, 1.82) is 0 Å². The Morgan fingerprint density at radius 3 is 2.43 bits per heavy atom. The Kier molecular flexibility index (Phi) is 6.66. The van der Waals surface area contributed by atoms with Crippen LogP contribution in [-0.4, -0.2) is 41.2 Å². The number of H-pyrrole nitrogens is 1. The summed E-state index contributed by atoms with van der Waals surface area (Å²) in [6.45, 7) is 4.40. The number of benzene rings is 1. The van der Waals surface area contributed by atoms with E-state index in [1.54, 1.807) is 13.8 Å². The third kappa shape index (κ3) is 4.44. The number of nitrogens with one attached hydrogen (secondary N) is 1. The van der Waals surface area contributed by atoms with Crippen LogP contribution in [0.1, 0.15) is 51.0 Å². The highest BCUT2D eigenvalue weighted by Gasteiger charge is 2.25. The number of Topliss-reactive ketones (excluding diaryl/α,β-unsaturated/α-hetero) is 1. The maximum absolute atomic E-state index is 14.1. The molecule has 1 aromatic carbocycles. The Bertz CT molecular complexity index is 921. The molecule has 2 aromatic rings. The fraction of sp³-hybridized carbons (Fsp3) is 0.350. The van der Waals surface area contributed by atoms with Crippen LogP contribution in [0.2, 0.25) is 0 Å². The highest BCUT2D eigenvalue weighted by molar-refractivity contribution is 6.02. The van der Waals surface area contributed by atoms with Crippen molar-refractivity contribution in [2.24, 2.45) is 0 Å². The smallest absolute Gasteiger partial charge is 0.307 e. The molecule has 0 radical (unpaired) electrons. The molecule has 0 aliphatic carbocycles. The first kappa shape index (κ1) is 21.3. The highest BCUT2D eigenvalue weighted by Crippen LogP contribution is 2.22. The average molecular weight is 392 g/mol. The van der Waals surface area contributed by atoms with Crippen LogP contribution in [0.4, 0.5) is 8.78 Å². The summed E-state index contributed by atoms with van der Waals surface area (Å²) in [6.07, 6.45) is -0.114. The summed E-state index contributed by atoms with van der Waals surface area (Å²) in [6, 6.07) is 3.69. The van der Waals surface area contributed by atoms with Crippen LogP contribution in [0.15, 0.2) is 18.2 Å². The van der Waals surface area contributed by atoms with Crippen molar-refractivity contribution in [3.8, 4) is 0 Å². The van der Waals surface area contributed by atoms with Gasteiger partial charge in [-0.2, -0.15) is 0 Å². The van der Waals surface area contributed by atoms with Crippen molar-refractivity contribution in [3.63, 3.8) is 0 Å². The second kappa shape index (κ2) is 8.77. The normalized spacial score (nSPS) is 10.6. The van der Waals surface area contributed by atoms with Crippen molar-refractivity contribution in [2.75, 3.05) is 13.7 Å². The van der Waals surface area contributed by atoms with E-state index < -0.39 is 23.5 Å². The number of aromatic amines is 1. The lowest BCUT2D eigenvalue weighted by Gasteiger charge is -2.22. The lowest BCUT2D eigenvalue weighted by molar-refractivity contribution is -0.140. The average Bonchev–Trinajstić information content (AvgIpc) is 2.95. The number of rotatable bonds is 7. The number of aryl methyl sites for hydroxylation is 1. The van der Waals surface area contributed by atoms with Gasteiger partial charge in [0.05, 0.1) is 13.5 Å². The van der Waals surface area contributed by atoms with Crippen LogP contribution < -0.4 is 0 Å². The molecule has 0 aliphatic heterocycles. The Morgan fingerprint density at radius 2 is 1.86 bits per heavy atom. The molecule has 0 aliphatic rings. The second-order valence-electron chi connectivity index (χ2n) is 6.45. The van der Waals surface area contributed by atoms with Crippen molar-refractivity contribution < 1.29 is 27.9 Å². The zero-order valence-electron chi connectivity index (χ0n) is 16.2. The summed E-state index contributed by atoms with van der Waals surface area (Å²) in [5.41, 5.74) is 1.57. The highest BCUT2D eigenvalue weighted by atomic mass is 19.2. The van der Waals surface area contributed by atoms with E-state index in [0.29, 0.717) is 16.8 Å². The number of methoxy groups -OCH3 is 1. The summed E-state index contributed by atoms with van der Waals surface area (Å²) in [5.74, 6) is -3.34. The molecule has 1 amide bonds. The van der Waals surface area contributed by atoms with Crippen molar-refractivity contribution in [2.45, 2.75) is 33.7 Å². The minimum atomic E-state index is -1.05. The molecule has 2 rings (SSSR count). The largest absolute Gasteiger partial charge is 0.469 e. The number of hydrogen-bond donors (Lipinski definition) is 1. The first-order valence-electron chi connectivity index (χ1n) is 8.66. The van der Waals surface area contributed by atoms with Gasteiger partial charge in [0.1, 0.15) is 5.69 Å². The molecule has 0 atom stereocenters. The first-order chi connectivity index (χ1) is 13.2. The third-order valence-electron chi connectivity index (χ3n) is 4.50. The number of hydrogen-bond acceptors (Lipinski definition) is 4. The van der Waals surface area contributed by atoms with Crippen molar-refractivity contribution in [3.05, 3.63) is 57.9 Å². The predicted molar refractivity (Wildman–Crippen MR) is 98.0 cm³/mol. The lowest BCUT2D eigenvalue weighted by atomic mass is 10.1. The van der Waals surface area contributed by atoms with Gasteiger partial charge in [0.15, 0.2) is 17.4 Å². The molecule has 6 nitrogen and oxygen atoms in total. The van der Waals surface area contributed by atoms with E-state index >= 15 is 0 Å². The summed E-state index contributed by atoms with van der Waals surface area (Å²) in [4.78, 5) is 40.5. The van der Waals surface area contributed by atoms with Crippen LogP contribution in [0, 0.1) is 25.5 Å². The molecule has 0 fully saturated rings. The predicted octanol–water partition coefficient (Wildman–Crippen LogP) is 3.32. The minimum Gasteiger partial charge on any atom is -0.469 e. The zero-order valence-corrected chi connectivity index (χ0v) is 16.2. The maximum atomic E-state index is 14.1. The van der Waals surface area contributed by atoms with Crippen LogP contribution >= 0.6 is 0 Å². The van der Waals surface area contributed by atoms with Gasteiger partial charge < -0.3 is 14.6 Å². The number of ketones is 1. The number of aromatic nitrogens is 1. The zero-order chi connectivity index (χ0) is 21.0.